The van der Waals surface area contributed by atoms with E-state index in [2.05, 4.69) is 26.1 Å². The minimum absolute atomic E-state index is 0.535. The van der Waals surface area contributed by atoms with Gasteiger partial charge in [0.2, 0.25) is 0 Å². The summed E-state index contributed by atoms with van der Waals surface area (Å²) in [5.74, 6) is 2.63. The highest BCUT2D eigenvalue weighted by Crippen LogP contribution is 2.36. The van der Waals surface area contributed by atoms with Crippen molar-refractivity contribution < 1.29 is 0 Å². The molecule has 0 heterocycles. The molecule has 2 nitrogen and oxygen atoms in total. The average Bonchev–Trinajstić information content (AvgIpc) is 2.75. The van der Waals surface area contributed by atoms with E-state index in [1.165, 1.54) is 19.4 Å². The maximum atomic E-state index is 5.70. The van der Waals surface area contributed by atoms with Gasteiger partial charge < -0.3 is 11.1 Å². The smallest absolute Gasteiger partial charge is 0.0192 e. The monoisotopic (exact) mass is 184 g/mol. The maximum Gasteiger partial charge on any atom is 0.0192 e. The van der Waals surface area contributed by atoms with E-state index in [1.807, 2.05) is 0 Å². The molecular weight excluding hydrogens is 160 g/mol. The first kappa shape index (κ1) is 11.0. The lowest BCUT2D eigenvalue weighted by molar-refractivity contribution is 0.414. The van der Waals surface area contributed by atoms with Crippen LogP contribution in [0.3, 0.4) is 0 Å². The second-order valence-electron chi connectivity index (χ2n) is 4.94. The molecule has 1 aliphatic carbocycles. The normalized spacial score (nSPS) is 29.3. The van der Waals surface area contributed by atoms with Crippen molar-refractivity contribution in [3.05, 3.63) is 0 Å². The van der Waals surface area contributed by atoms with Gasteiger partial charge in [0.15, 0.2) is 0 Å². The highest BCUT2D eigenvalue weighted by atomic mass is 14.9. The Hall–Kier alpha value is -0.0800. The van der Waals surface area contributed by atoms with E-state index in [1.54, 1.807) is 0 Å². The third-order valence-corrected chi connectivity index (χ3v) is 2.99. The zero-order valence-electron chi connectivity index (χ0n) is 9.22. The van der Waals surface area contributed by atoms with Crippen molar-refractivity contribution >= 4 is 0 Å². The van der Waals surface area contributed by atoms with Gasteiger partial charge in [-0.25, -0.2) is 0 Å². The van der Waals surface area contributed by atoms with Crippen LogP contribution in [0.1, 0.15) is 33.6 Å². The third kappa shape index (κ3) is 4.10. The van der Waals surface area contributed by atoms with Gasteiger partial charge in [0.25, 0.3) is 0 Å². The van der Waals surface area contributed by atoms with E-state index < -0.39 is 0 Å². The number of nitrogens with one attached hydrogen (secondary N) is 1. The fourth-order valence-corrected chi connectivity index (χ4v) is 1.83. The minimum Gasteiger partial charge on any atom is -0.329 e. The van der Waals surface area contributed by atoms with Gasteiger partial charge >= 0.3 is 0 Å². The summed E-state index contributed by atoms with van der Waals surface area (Å²) >= 11 is 0. The lowest BCUT2D eigenvalue weighted by atomic mass is 10.0. The van der Waals surface area contributed by atoms with Gasteiger partial charge in [0, 0.05) is 12.6 Å². The molecule has 0 aliphatic heterocycles. The van der Waals surface area contributed by atoms with Gasteiger partial charge in [-0.15, -0.1) is 0 Å². The Kier molecular flexibility index (Phi) is 4.20. The summed E-state index contributed by atoms with van der Waals surface area (Å²) in [6.07, 6.45) is 2.61. The molecule has 3 N–H and O–H groups in total. The number of hydrogen-bond donors (Lipinski definition) is 2. The van der Waals surface area contributed by atoms with Crippen LogP contribution in [-0.4, -0.2) is 19.1 Å². The Labute approximate surface area is 82.3 Å². The standard InChI is InChI=1S/C11H24N2/c1-8(2)4-11(6-12)13-7-10-5-9(10)3/h8-11,13H,4-7,12H2,1-3H3. The van der Waals surface area contributed by atoms with Gasteiger partial charge in [-0.1, -0.05) is 20.8 Å². The van der Waals surface area contributed by atoms with Crippen molar-refractivity contribution in [1.29, 1.82) is 0 Å². The predicted molar refractivity (Wildman–Crippen MR) is 57.6 cm³/mol. The quantitative estimate of drug-likeness (QED) is 0.658. The lowest BCUT2D eigenvalue weighted by Gasteiger charge is -2.18. The highest BCUT2D eigenvalue weighted by Gasteiger charge is 2.32. The summed E-state index contributed by atoms with van der Waals surface area (Å²) in [7, 11) is 0. The summed E-state index contributed by atoms with van der Waals surface area (Å²) in [4.78, 5) is 0. The Morgan fingerprint density at radius 2 is 2.08 bits per heavy atom. The molecular formula is C11H24N2. The van der Waals surface area contributed by atoms with Crippen molar-refractivity contribution in [3.8, 4) is 0 Å². The number of rotatable bonds is 6. The molecule has 0 amide bonds. The molecule has 3 atom stereocenters. The molecule has 0 aromatic carbocycles. The topological polar surface area (TPSA) is 38.0 Å². The van der Waals surface area contributed by atoms with Crippen LogP contribution in [0.4, 0.5) is 0 Å². The van der Waals surface area contributed by atoms with Gasteiger partial charge in [-0.3, -0.25) is 0 Å². The van der Waals surface area contributed by atoms with E-state index >= 15 is 0 Å². The summed E-state index contributed by atoms with van der Waals surface area (Å²) in [6.45, 7) is 8.79. The Morgan fingerprint density at radius 1 is 1.46 bits per heavy atom. The molecule has 1 rings (SSSR count). The minimum atomic E-state index is 0.535. The van der Waals surface area contributed by atoms with Crippen LogP contribution in [0.5, 0.6) is 0 Å². The van der Waals surface area contributed by atoms with Crippen LogP contribution in [-0.2, 0) is 0 Å². The molecule has 78 valence electrons. The van der Waals surface area contributed by atoms with Crippen LogP contribution in [0, 0.1) is 17.8 Å². The zero-order valence-corrected chi connectivity index (χ0v) is 9.22. The summed E-state index contributed by atoms with van der Waals surface area (Å²) in [6, 6.07) is 0.535. The maximum absolute atomic E-state index is 5.70. The van der Waals surface area contributed by atoms with E-state index in [4.69, 9.17) is 5.73 Å². The van der Waals surface area contributed by atoms with Gasteiger partial charge in [-0.05, 0) is 37.1 Å². The fraction of sp³-hybridized carbons (Fsp3) is 1.00. The fourth-order valence-electron chi connectivity index (χ4n) is 1.83. The van der Waals surface area contributed by atoms with E-state index in [0.29, 0.717) is 6.04 Å². The molecule has 0 aromatic rings. The van der Waals surface area contributed by atoms with E-state index in [9.17, 15) is 0 Å². The van der Waals surface area contributed by atoms with Crippen LogP contribution < -0.4 is 11.1 Å². The Balaban J connectivity index is 2.08. The van der Waals surface area contributed by atoms with Gasteiger partial charge in [-0.2, -0.15) is 0 Å². The number of hydrogen-bond acceptors (Lipinski definition) is 2. The molecule has 1 saturated carbocycles. The van der Waals surface area contributed by atoms with Crippen LogP contribution in [0.2, 0.25) is 0 Å². The van der Waals surface area contributed by atoms with Crippen LogP contribution in [0.15, 0.2) is 0 Å². The van der Waals surface area contributed by atoms with Crippen LogP contribution in [0.25, 0.3) is 0 Å². The molecule has 0 radical (unpaired) electrons. The molecule has 0 spiro atoms. The van der Waals surface area contributed by atoms with Crippen molar-refractivity contribution in [3.63, 3.8) is 0 Å². The van der Waals surface area contributed by atoms with Crippen LogP contribution >= 0.6 is 0 Å². The average molecular weight is 184 g/mol. The van der Waals surface area contributed by atoms with Gasteiger partial charge in [0.05, 0.1) is 0 Å². The Morgan fingerprint density at radius 3 is 2.46 bits per heavy atom. The zero-order chi connectivity index (χ0) is 9.84. The largest absolute Gasteiger partial charge is 0.329 e. The third-order valence-electron chi connectivity index (χ3n) is 2.99. The van der Waals surface area contributed by atoms with E-state index in [-0.39, 0.29) is 0 Å². The number of nitrogens with two attached hydrogens (primary N) is 1. The molecule has 0 saturated heterocycles. The van der Waals surface area contributed by atoms with Crippen molar-refractivity contribution in [2.45, 2.75) is 39.7 Å². The van der Waals surface area contributed by atoms with Crippen molar-refractivity contribution in [2.75, 3.05) is 13.1 Å². The summed E-state index contributed by atoms with van der Waals surface area (Å²) in [5.41, 5.74) is 5.70. The van der Waals surface area contributed by atoms with Gasteiger partial charge in [0.1, 0.15) is 0 Å². The molecule has 0 aromatic heterocycles. The highest BCUT2D eigenvalue weighted by molar-refractivity contribution is 4.85. The first-order valence-electron chi connectivity index (χ1n) is 5.57. The van der Waals surface area contributed by atoms with Crippen molar-refractivity contribution in [1.82, 2.24) is 5.32 Å². The summed E-state index contributed by atoms with van der Waals surface area (Å²) < 4.78 is 0. The molecule has 2 heteroatoms. The molecule has 1 aliphatic rings. The second-order valence-corrected chi connectivity index (χ2v) is 4.94. The molecule has 0 bridgehead atoms. The molecule has 1 fully saturated rings. The summed E-state index contributed by atoms with van der Waals surface area (Å²) in [5, 5.41) is 3.57. The van der Waals surface area contributed by atoms with E-state index in [0.717, 1.165) is 24.3 Å². The molecule has 13 heavy (non-hydrogen) atoms. The molecule has 3 unspecified atom stereocenters. The second kappa shape index (κ2) is 4.97. The predicted octanol–water partition coefficient (Wildman–Crippen LogP) is 1.61. The lowest BCUT2D eigenvalue weighted by Crippen LogP contribution is -2.38. The Bertz CT molecular complexity index is 145. The SMILES string of the molecule is CC(C)CC(CN)NCC1CC1C. The first-order chi connectivity index (χ1) is 6.13. The first-order valence-corrected chi connectivity index (χ1v) is 5.57. The van der Waals surface area contributed by atoms with Crippen molar-refractivity contribution in [2.24, 2.45) is 23.5 Å².